The van der Waals surface area contributed by atoms with Crippen molar-refractivity contribution in [1.29, 1.82) is 0 Å². The molecule has 8 heteroatoms. The Labute approximate surface area is 161 Å². The Morgan fingerprint density at radius 1 is 1.41 bits per heavy atom. The number of nitrogens with zero attached hydrogens (tertiary/aromatic N) is 1. The van der Waals surface area contributed by atoms with E-state index in [9.17, 15) is 4.79 Å². The van der Waals surface area contributed by atoms with Crippen LogP contribution in [0.1, 0.15) is 30.0 Å². The maximum absolute atomic E-state index is 12.1. The number of rotatable bonds is 6. The molecule has 0 spiro atoms. The van der Waals surface area contributed by atoms with Crippen molar-refractivity contribution < 1.29 is 14.1 Å². The second kappa shape index (κ2) is 7.62. The number of amides is 1. The second-order valence-electron chi connectivity index (χ2n) is 6.75. The van der Waals surface area contributed by atoms with Crippen LogP contribution >= 0.6 is 11.6 Å². The van der Waals surface area contributed by atoms with Crippen LogP contribution in [-0.4, -0.2) is 28.6 Å². The molecule has 2 aromatic heterocycles. The third-order valence-corrected chi connectivity index (χ3v) is 4.90. The molecule has 0 radical (unpaired) electrons. The van der Waals surface area contributed by atoms with Crippen molar-refractivity contribution in [1.82, 2.24) is 20.8 Å². The average Bonchev–Trinajstić information content (AvgIpc) is 3.38. The Kier molecular flexibility index (Phi) is 5.05. The van der Waals surface area contributed by atoms with Crippen LogP contribution in [0.4, 0.5) is 0 Å². The van der Waals surface area contributed by atoms with Gasteiger partial charge in [0.05, 0.1) is 23.3 Å². The van der Waals surface area contributed by atoms with Crippen LogP contribution in [0.15, 0.2) is 28.8 Å². The second-order valence-corrected chi connectivity index (χ2v) is 7.16. The fourth-order valence-corrected chi connectivity index (χ4v) is 3.47. The van der Waals surface area contributed by atoms with Crippen LogP contribution in [0, 0.1) is 6.92 Å². The fraction of sp³-hybridized carbons (Fsp3) is 0.368. The van der Waals surface area contributed by atoms with Crippen LogP contribution in [0.3, 0.4) is 0 Å². The van der Waals surface area contributed by atoms with Gasteiger partial charge in [-0.2, -0.15) is 0 Å². The average molecular weight is 389 g/mol. The highest BCUT2D eigenvalue weighted by Gasteiger charge is 2.21. The lowest BCUT2D eigenvalue weighted by molar-refractivity contribution is -0.122. The van der Waals surface area contributed by atoms with Gasteiger partial charge in [0.1, 0.15) is 12.4 Å². The van der Waals surface area contributed by atoms with Crippen LogP contribution in [0.25, 0.3) is 10.9 Å². The molecule has 1 amide bonds. The first-order valence-corrected chi connectivity index (χ1v) is 9.33. The molecule has 27 heavy (non-hydrogen) atoms. The summed E-state index contributed by atoms with van der Waals surface area (Å²) < 4.78 is 10.9. The molecule has 0 saturated carbocycles. The highest BCUT2D eigenvalue weighted by molar-refractivity contribution is 6.32. The SMILES string of the molecule is Cc1cc(COc2cc3[nH]c(CNC(=O)C4CCCN4)cc3cc2Cl)on1. The number of carbonyl (C=O) groups excluding carboxylic acids is 1. The minimum Gasteiger partial charge on any atom is -0.484 e. The Balaban J connectivity index is 1.43. The van der Waals surface area contributed by atoms with Crippen molar-refractivity contribution in [3.05, 3.63) is 46.4 Å². The van der Waals surface area contributed by atoms with E-state index in [2.05, 4.69) is 20.8 Å². The van der Waals surface area contributed by atoms with Crippen molar-refractivity contribution >= 4 is 28.4 Å². The summed E-state index contributed by atoms with van der Waals surface area (Å²) in [4.78, 5) is 15.4. The van der Waals surface area contributed by atoms with Gasteiger partial charge in [-0.3, -0.25) is 4.79 Å². The minimum absolute atomic E-state index is 0.0376. The molecule has 3 aromatic rings. The lowest BCUT2D eigenvalue weighted by Gasteiger charge is -2.10. The molecule has 0 bridgehead atoms. The van der Waals surface area contributed by atoms with Crippen LogP contribution in [0.2, 0.25) is 5.02 Å². The number of aryl methyl sites for hydroxylation is 1. The maximum Gasteiger partial charge on any atom is 0.237 e. The number of ether oxygens (including phenoxy) is 1. The molecule has 1 aliphatic rings. The number of aromatic amines is 1. The molecule has 1 atom stereocenters. The first-order valence-electron chi connectivity index (χ1n) is 8.96. The Morgan fingerprint density at radius 3 is 3.04 bits per heavy atom. The van der Waals surface area contributed by atoms with Crippen LogP contribution in [-0.2, 0) is 17.9 Å². The molecule has 7 nitrogen and oxygen atoms in total. The van der Waals surface area contributed by atoms with Gasteiger partial charge in [-0.25, -0.2) is 0 Å². The van der Waals surface area contributed by atoms with Crippen molar-refractivity contribution in [2.45, 2.75) is 39.0 Å². The molecule has 142 valence electrons. The van der Waals surface area contributed by atoms with Gasteiger partial charge >= 0.3 is 0 Å². The molecule has 3 heterocycles. The summed E-state index contributed by atoms with van der Waals surface area (Å²) >= 11 is 6.33. The van der Waals surface area contributed by atoms with Crippen molar-refractivity contribution in [3.8, 4) is 5.75 Å². The smallest absolute Gasteiger partial charge is 0.237 e. The minimum atomic E-state index is -0.0800. The highest BCUT2D eigenvalue weighted by Crippen LogP contribution is 2.31. The molecule has 1 aromatic carbocycles. The Bertz CT molecular complexity index is 959. The monoisotopic (exact) mass is 388 g/mol. The van der Waals surface area contributed by atoms with Gasteiger partial charge in [0, 0.05) is 28.7 Å². The number of hydrogen-bond acceptors (Lipinski definition) is 5. The number of H-pyrrole nitrogens is 1. The standard InChI is InChI=1S/C19H21ClN4O3/c1-11-5-14(27-24-11)10-26-18-8-17-12(7-15(18)20)6-13(23-17)9-22-19(25)16-3-2-4-21-16/h5-8,16,21,23H,2-4,9-10H2,1H3,(H,22,25). The lowest BCUT2D eigenvalue weighted by Crippen LogP contribution is -2.40. The van der Waals surface area contributed by atoms with E-state index in [0.717, 1.165) is 41.7 Å². The third-order valence-electron chi connectivity index (χ3n) is 4.61. The maximum atomic E-state index is 12.1. The molecule has 3 N–H and O–H groups in total. The quantitative estimate of drug-likeness (QED) is 0.603. The van der Waals surface area contributed by atoms with Gasteiger partial charge in [0.2, 0.25) is 5.91 Å². The summed E-state index contributed by atoms with van der Waals surface area (Å²) in [5, 5.41) is 11.5. The van der Waals surface area contributed by atoms with E-state index in [-0.39, 0.29) is 18.6 Å². The van der Waals surface area contributed by atoms with Crippen molar-refractivity contribution in [3.63, 3.8) is 0 Å². The van der Waals surface area contributed by atoms with E-state index in [1.54, 1.807) is 0 Å². The zero-order valence-electron chi connectivity index (χ0n) is 15.0. The van der Waals surface area contributed by atoms with Crippen LogP contribution < -0.4 is 15.4 Å². The number of nitrogens with one attached hydrogen (secondary N) is 3. The molecule has 1 fully saturated rings. The predicted molar refractivity (Wildman–Crippen MR) is 102 cm³/mol. The first kappa shape index (κ1) is 17.9. The lowest BCUT2D eigenvalue weighted by atomic mass is 10.2. The number of carbonyl (C=O) groups is 1. The Hall–Kier alpha value is -2.51. The predicted octanol–water partition coefficient (Wildman–Crippen LogP) is 3.06. The molecular formula is C19H21ClN4O3. The molecule has 0 aliphatic carbocycles. The van der Waals surface area contributed by atoms with Crippen molar-refractivity contribution in [2.75, 3.05) is 6.54 Å². The van der Waals surface area contributed by atoms with Crippen LogP contribution in [0.5, 0.6) is 5.75 Å². The zero-order chi connectivity index (χ0) is 18.8. The number of benzene rings is 1. The largest absolute Gasteiger partial charge is 0.484 e. The molecule has 1 saturated heterocycles. The van der Waals surface area contributed by atoms with Gasteiger partial charge in [0.15, 0.2) is 5.76 Å². The van der Waals surface area contributed by atoms with Gasteiger partial charge in [-0.15, -0.1) is 0 Å². The molecule has 4 rings (SSSR count). The fourth-order valence-electron chi connectivity index (χ4n) is 3.25. The molecule has 1 unspecified atom stereocenters. The first-order chi connectivity index (χ1) is 13.1. The van der Waals surface area contributed by atoms with E-state index in [0.29, 0.717) is 23.1 Å². The summed E-state index contributed by atoms with van der Waals surface area (Å²) in [6.45, 7) is 3.45. The van der Waals surface area contributed by atoms with E-state index in [4.69, 9.17) is 20.9 Å². The highest BCUT2D eigenvalue weighted by atomic mass is 35.5. The summed E-state index contributed by atoms with van der Waals surface area (Å²) in [7, 11) is 0. The number of halogens is 1. The number of hydrogen-bond donors (Lipinski definition) is 3. The van der Waals surface area contributed by atoms with Gasteiger partial charge in [-0.05, 0) is 38.4 Å². The zero-order valence-corrected chi connectivity index (χ0v) is 15.7. The summed E-state index contributed by atoms with van der Waals surface area (Å²) in [5.41, 5.74) is 2.61. The molecule has 1 aliphatic heterocycles. The van der Waals surface area contributed by atoms with Gasteiger partial charge in [-0.1, -0.05) is 16.8 Å². The summed E-state index contributed by atoms with van der Waals surface area (Å²) in [6.07, 6.45) is 1.93. The topological polar surface area (TPSA) is 92.2 Å². The summed E-state index contributed by atoms with van der Waals surface area (Å²) in [6, 6.07) is 7.42. The number of aromatic nitrogens is 2. The normalized spacial score (nSPS) is 16.7. The third kappa shape index (κ3) is 4.09. The van der Waals surface area contributed by atoms with E-state index in [1.165, 1.54) is 0 Å². The van der Waals surface area contributed by atoms with E-state index >= 15 is 0 Å². The number of fused-ring (bicyclic) bond motifs is 1. The summed E-state index contributed by atoms with van der Waals surface area (Å²) in [5.74, 6) is 1.24. The van der Waals surface area contributed by atoms with Gasteiger partial charge < -0.3 is 24.9 Å². The van der Waals surface area contributed by atoms with Gasteiger partial charge in [0.25, 0.3) is 0 Å². The molecular weight excluding hydrogens is 368 g/mol. The van der Waals surface area contributed by atoms with Crippen molar-refractivity contribution in [2.24, 2.45) is 0 Å². The Morgan fingerprint density at radius 2 is 2.30 bits per heavy atom. The van der Waals surface area contributed by atoms with E-state index < -0.39 is 0 Å². The van der Waals surface area contributed by atoms with E-state index in [1.807, 2.05) is 31.2 Å².